The molecule has 0 radical (unpaired) electrons. The van der Waals surface area contributed by atoms with Gasteiger partial charge in [-0.1, -0.05) is 26.2 Å². The summed E-state index contributed by atoms with van der Waals surface area (Å²) in [5.74, 6) is 1.71. The van der Waals surface area contributed by atoms with Gasteiger partial charge in [0.1, 0.15) is 0 Å². The average Bonchev–Trinajstić information content (AvgIpc) is 2.88. The molecule has 3 rings (SSSR count). The van der Waals surface area contributed by atoms with Crippen molar-refractivity contribution in [2.45, 2.75) is 70.0 Å². The second-order valence-corrected chi connectivity index (χ2v) is 6.97. The molecule has 2 N–H and O–H groups in total. The van der Waals surface area contributed by atoms with Gasteiger partial charge in [0.05, 0.1) is 13.2 Å². The normalized spacial score (nSPS) is 42.1. The molecule has 2 aliphatic carbocycles. The first kappa shape index (κ1) is 16.5. The molecule has 1 aliphatic heterocycles. The minimum absolute atomic E-state index is 0. The van der Waals surface area contributed by atoms with E-state index in [0.717, 1.165) is 43.7 Å². The molecule has 0 amide bonds. The first-order valence-electron chi connectivity index (χ1n) is 8.40. The van der Waals surface area contributed by atoms with E-state index in [9.17, 15) is 0 Å². The van der Waals surface area contributed by atoms with Crippen LogP contribution in [-0.2, 0) is 4.74 Å². The Bertz CT molecular complexity index is 284. The van der Waals surface area contributed by atoms with Crippen molar-refractivity contribution in [1.29, 1.82) is 0 Å². The van der Waals surface area contributed by atoms with Crippen molar-refractivity contribution in [1.82, 2.24) is 10.6 Å². The van der Waals surface area contributed by atoms with E-state index in [1.54, 1.807) is 0 Å². The Morgan fingerprint density at radius 1 is 1.10 bits per heavy atom. The second kappa shape index (κ2) is 7.98. The SMILES string of the molecule is CC1CCCC(NC2CCCC2C2COCCN2)C1.Cl. The van der Waals surface area contributed by atoms with Gasteiger partial charge in [-0.3, -0.25) is 0 Å². The maximum Gasteiger partial charge on any atom is 0.0623 e. The predicted octanol–water partition coefficient (Wildman–Crippen LogP) is 2.73. The van der Waals surface area contributed by atoms with E-state index < -0.39 is 0 Å². The largest absolute Gasteiger partial charge is 0.379 e. The Kier molecular flexibility index (Phi) is 6.60. The summed E-state index contributed by atoms with van der Waals surface area (Å²) in [5, 5.41) is 7.67. The van der Waals surface area contributed by atoms with E-state index in [4.69, 9.17) is 4.74 Å². The van der Waals surface area contributed by atoms with Gasteiger partial charge in [-0.2, -0.15) is 0 Å². The van der Waals surface area contributed by atoms with E-state index in [1.807, 2.05) is 0 Å². The molecule has 20 heavy (non-hydrogen) atoms. The molecule has 5 atom stereocenters. The van der Waals surface area contributed by atoms with E-state index in [0.29, 0.717) is 6.04 Å². The van der Waals surface area contributed by atoms with Crippen molar-refractivity contribution in [3.63, 3.8) is 0 Å². The fraction of sp³-hybridized carbons (Fsp3) is 1.00. The summed E-state index contributed by atoms with van der Waals surface area (Å²) >= 11 is 0. The summed E-state index contributed by atoms with van der Waals surface area (Å²) in [7, 11) is 0. The van der Waals surface area contributed by atoms with Crippen molar-refractivity contribution in [3.8, 4) is 0 Å². The fourth-order valence-corrected chi connectivity index (χ4v) is 4.43. The van der Waals surface area contributed by atoms with Gasteiger partial charge in [-0.25, -0.2) is 0 Å². The summed E-state index contributed by atoms with van der Waals surface area (Å²) in [6.45, 7) is 5.26. The third kappa shape index (κ3) is 4.09. The molecule has 5 unspecified atom stereocenters. The molecule has 118 valence electrons. The zero-order chi connectivity index (χ0) is 13.1. The van der Waals surface area contributed by atoms with Crippen LogP contribution in [0, 0.1) is 11.8 Å². The molecular formula is C16H31ClN2O. The topological polar surface area (TPSA) is 33.3 Å². The molecule has 0 aromatic rings. The third-order valence-corrected chi connectivity index (χ3v) is 5.42. The molecule has 3 nitrogen and oxygen atoms in total. The third-order valence-electron chi connectivity index (χ3n) is 5.42. The molecule has 2 saturated carbocycles. The molecule has 0 aromatic carbocycles. The van der Waals surface area contributed by atoms with Gasteiger partial charge >= 0.3 is 0 Å². The van der Waals surface area contributed by atoms with Crippen LogP contribution >= 0.6 is 12.4 Å². The Hall–Kier alpha value is 0.170. The van der Waals surface area contributed by atoms with Crippen LogP contribution in [-0.4, -0.2) is 37.9 Å². The monoisotopic (exact) mass is 302 g/mol. The highest BCUT2D eigenvalue weighted by atomic mass is 35.5. The van der Waals surface area contributed by atoms with Crippen molar-refractivity contribution >= 4 is 12.4 Å². The lowest BCUT2D eigenvalue weighted by atomic mass is 9.85. The Morgan fingerprint density at radius 2 is 1.95 bits per heavy atom. The van der Waals surface area contributed by atoms with Crippen LogP contribution in [0.2, 0.25) is 0 Å². The standard InChI is InChI=1S/C16H30N2O.ClH/c1-12-4-2-5-13(10-12)18-15-7-3-6-14(15)16-11-19-9-8-17-16;/h12-18H,2-11H2,1H3;1H. The van der Waals surface area contributed by atoms with E-state index in [2.05, 4.69) is 17.6 Å². The smallest absolute Gasteiger partial charge is 0.0623 e. The van der Waals surface area contributed by atoms with Crippen molar-refractivity contribution in [2.75, 3.05) is 19.8 Å². The van der Waals surface area contributed by atoms with Crippen LogP contribution in [0.4, 0.5) is 0 Å². The van der Waals surface area contributed by atoms with Crippen LogP contribution < -0.4 is 10.6 Å². The predicted molar refractivity (Wildman–Crippen MR) is 85.5 cm³/mol. The molecule has 0 spiro atoms. The maximum atomic E-state index is 5.66. The van der Waals surface area contributed by atoms with Gasteiger partial charge < -0.3 is 15.4 Å². The molecule has 1 saturated heterocycles. The van der Waals surface area contributed by atoms with Crippen LogP contribution in [0.5, 0.6) is 0 Å². The maximum absolute atomic E-state index is 5.66. The number of morpholine rings is 1. The van der Waals surface area contributed by atoms with Gasteiger partial charge in [-0.15, -0.1) is 12.4 Å². The van der Waals surface area contributed by atoms with E-state index in [1.165, 1.54) is 44.9 Å². The second-order valence-electron chi connectivity index (χ2n) is 6.97. The number of rotatable bonds is 3. The van der Waals surface area contributed by atoms with Gasteiger partial charge in [0.2, 0.25) is 0 Å². The van der Waals surface area contributed by atoms with Crippen molar-refractivity contribution < 1.29 is 4.74 Å². The van der Waals surface area contributed by atoms with E-state index in [-0.39, 0.29) is 12.4 Å². The van der Waals surface area contributed by atoms with Crippen LogP contribution in [0.3, 0.4) is 0 Å². The Morgan fingerprint density at radius 3 is 2.70 bits per heavy atom. The molecule has 0 bridgehead atoms. The molecule has 3 aliphatic rings. The van der Waals surface area contributed by atoms with Gasteiger partial charge in [0, 0.05) is 24.7 Å². The van der Waals surface area contributed by atoms with Crippen molar-refractivity contribution in [2.24, 2.45) is 11.8 Å². The summed E-state index contributed by atoms with van der Waals surface area (Å²) in [6.07, 6.45) is 9.77. The first-order valence-corrected chi connectivity index (χ1v) is 8.40. The average molecular weight is 303 g/mol. The number of hydrogen-bond donors (Lipinski definition) is 2. The highest BCUT2D eigenvalue weighted by Gasteiger charge is 2.36. The lowest BCUT2D eigenvalue weighted by Crippen LogP contribution is -2.52. The molecule has 1 heterocycles. The van der Waals surface area contributed by atoms with Gasteiger partial charge in [-0.05, 0) is 37.5 Å². The quantitative estimate of drug-likeness (QED) is 0.841. The summed E-state index contributed by atoms with van der Waals surface area (Å²) in [5.41, 5.74) is 0. The molecule has 3 fully saturated rings. The fourth-order valence-electron chi connectivity index (χ4n) is 4.43. The molecular weight excluding hydrogens is 272 g/mol. The zero-order valence-electron chi connectivity index (χ0n) is 12.8. The highest BCUT2D eigenvalue weighted by molar-refractivity contribution is 5.85. The lowest BCUT2D eigenvalue weighted by Gasteiger charge is -2.36. The molecule has 0 aromatic heterocycles. The number of halogens is 1. The minimum atomic E-state index is 0. The van der Waals surface area contributed by atoms with E-state index >= 15 is 0 Å². The van der Waals surface area contributed by atoms with Gasteiger partial charge in [0.15, 0.2) is 0 Å². The highest BCUT2D eigenvalue weighted by Crippen LogP contribution is 2.32. The summed E-state index contributed by atoms with van der Waals surface area (Å²) in [6, 6.07) is 2.10. The van der Waals surface area contributed by atoms with Crippen molar-refractivity contribution in [3.05, 3.63) is 0 Å². The Labute approximate surface area is 130 Å². The number of nitrogens with one attached hydrogen (secondary N) is 2. The first-order chi connectivity index (χ1) is 9.33. The number of ether oxygens (including phenoxy) is 1. The van der Waals surface area contributed by atoms with Crippen LogP contribution in [0.15, 0.2) is 0 Å². The summed E-state index contributed by atoms with van der Waals surface area (Å²) < 4.78 is 5.66. The minimum Gasteiger partial charge on any atom is -0.379 e. The Balaban J connectivity index is 0.00000147. The molecule has 4 heteroatoms. The van der Waals surface area contributed by atoms with Crippen LogP contribution in [0.25, 0.3) is 0 Å². The summed E-state index contributed by atoms with van der Waals surface area (Å²) in [4.78, 5) is 0. The van der Waals surface area contributed by atoms with Gasteiger partial charge in [0.25, 0.3) is 0 Å². The number of hydrogen-bond acceptors (Lipinski definition) is 3. The lowest BCUT2D eigenvalue weighted by molar-refractivity contribution is 0.0509. The zero-order valence-corrected chi connectivity index (χ0v) is 13.6. The van der Waals surface area contributed by atoms with Crippen LogP contribution in [0.1, 0.15) is 51.9 Å².